The number of anilines is 1. The second kappa shape index (κ2) is 12.1. The number of ketones is 1. The molecule has 1 aromatic heterocycles. The number of benzene rings is 3. The Bertz CT molecular complexity index is 1560. The number of carbonyl (C=O) groups excluding carboxylic acids is 2. The zero-order valence-electron chi connectivity index (χ0n) is 23.9. The van der Waals surface area contributed by atoms with Crippen LogP contribution in [0.3, 0.4) is 0 Å². The third kappa shape index (κ3) is 6.08. The molecule has 2 aliphatic rings. The number of nitrogens with one attached hydrogen (secondary N) is 1. The number of likely N-dealkylation sites (tertiary alicyclic amines) is 2. The minimum atomic E-state index is 0.00743. The van der Waals surface area contributed by atoms with E-state index >= 15 is 0 Å². The summed E-state index contributed by atoms with van der Waals surface area (Å²) in [5.74, 6) is 0.797. The monoisotopic (exact) mass is 567 g/mol. The fourth-order valence-corrected chi connectivity index (χ4v) is 7.26. The molecule has 2 aliphatic heterocycles. The molecule has 3 heterocycles. The zero-order chi connectivity index (χ0) is 28.3. The molecule has 0 spiro atoms. The highest BCUT2D eigenvalue weighted by Gasteiger charge is 2.23. The molecule has 41 heavy (non-hydrogen) atoms. The van der Waals surface area contributed by atoms with Crippen molar-refractivity contribution in [2.24, 2.45) is 0 Å². The third-order valence-electron chi connectivity index (χ3n) is 8.32. The molecule has 0 unspecified atom stereocenters. The van der Waals surface area contributed by atoms with Gasteiger partial charge in [0.1, 0.15) is 5.75 Å². The van der Waals surface area contributed by atoms with E-state index in [0.717, 1.165) is 83.1 Å². The highest BCUT2D eigenvalue weighted by Crippen LogP contribution is 2.41. The van der Waals surface area contributed by atoms with Gasteiger partial charge in [-0.25, -0.2) is 0 Å². The van der Waals surface area contributed by atoms with Gasteiger partial charge in [0.15, 0.2) is 5.78 Å². The van der Waals surface area contributed by atoms with Crippen molar-refractivity contribution in [1.29, 1.82) is 0 Å². The van der Waals surface area contributed by atoms with Crippen LogP contribution in [0, 0.1) is 6.92 Å². The highest BCUT2D eigenvalue weighted by molar-refractivity contribution is 7.22. The molecule has 212 valence electrons. The van der Waals surface area contributed by atoms with Crippen molar-refractivity contribution >= 4 is 38.8 Å². The van der Waals surface area contributed by atoms with Crippen LogP contribution in [-0.2, 0) is 11.3 Å². The van der Waals surface area contributed by atoms with E-state index in [1.807, 2.05) is 54.6 Å². The molecule has 0 bridgehead atoms. The first-order valence-electron chi connectivity index (χ1n) is 14.6. The lowest BCUT2D eigenvalue weighted by molar-refractivity contribution is -0.117. The Morgan fingerprint density at radius 2 is 1.59 bits per heavy atom. The van der Waals surface area contributed by atoms with Gasteiger partial charge in [-0.3, -0.25) is 19.4 Å². The second-order valence-corrected chi connectivity index (χ2v) is 12.3. The molecule has 0 radical (unpaired) electrons. The molecule has 4 aromatic rings. The van der Waals surface area contributed by atoms with Crippen molar-refractivity contribution in [2.45, 2.75) is 39.2 Å². The fourth-order valence-electron chi connectivity index (χ4n) is 6.02. The number of ether oxygens (including phenoxy) is 1. The van der Waals surface area contributed by atoms with Gasteiger partial charge in [-0.2, -0.15) is 0 Å². The summed E-state index contributed by atoms with van der Waals surface area (Å²) >= 11 is 1.60. The van der Waals surface area contributed by atoms with E-state index in [4.69, 9.17) is 4.74 Å². The number of aryl methyl sites for hydroxylation is 1. The number of carbonyl (C=O) groups is 2. The lowest BCUT2D eigenvalue weighted by Crippen LogP contribution is -2.30. The number of nitrogens with zero attached hydrogens (tertiary/aromatic N) is 2. The fraction of sp³-hybridized carbons (Fsp3) is 0.353. The number of amides is 1. The minimum absolute atomic E-state index is 0.00743. The average molecular weight is 568 g/mol. The van der Waals surface area contributed by atoms with Crippen LogP contribution in [-0.4, -0.2) is 61.3 Å². The van der Waals surface area contributed by atoms with E-state index in [9.17, 15) is 9.59 Å². The first kappa shape index (κ1) is 27.6. The van der Waals surface area contributed by atoms with Gasteiger partial charge in [0, 0.05) is 38.3 Å². The quantitative estimate of drug-likeness (QED) is 0.227. The van der Waals surface area contributed by atoms with Gasteiger partial charge in [0.05, 0.1) is 13.7 Å². The predicted octanol–water partition coefficient (Wildman–Crippen LogP) is 6.75. The summed E-state index contributed by atoms with van der Waals surface area (Å²) in [7, 11) is 1.66. The van der Waals surface area contributed by atoms with Crippen molar-refractivity contribution < 1.29 is 14.3 Å². The summed E-state index contributed by atoms with van der Waals surface area (Å²) in [5.41, 5.74) is 5.57. The van der Waals surface area contributed by atoms with Gasteiger partial charge in [-0.05, 0) is 112 Å². The lowest BCUT2D eigenvalue weighted by Gasteiger charge is -2.17. The number of thiophene rings is 1. The highest BCUT2D eigenvalue weighted by atomic mass is 32.1. The van der Waals surface area contributed by atoms with Gasteiger partial charge in [-0.15, -0.1) is 11.3 Å². The Labute approximate surface area is 245 Å². The molecule has 2 saturated heterocycles. The van der Waals surface area contributed by atoms with Crippen LogP contribution in [0.15, 0.2) is 60.7 Å². The molecule has 1 amide bonds. The molecular weight excluding hydrogens is 530 g/mol. The smallest absolute Gasteiger partial charge is 0.238 e. The van der Waals surface area contributed by atoms with Crippen molar-refractivity contribution in [1.82, 2.24) is 9.80 Å². The molecule has 1 N–H and O–H groups in total. The van der Waals surface area contributed by atoms with E-state index in [1.165, 1.54) is 18.4 Å². The van der Waals surface area contributed by atoms with Gasteiger partial charge < -0.3 is 10.1 Å². The zero-order valence-corrected chi connectivity index (χ0v) is 24.7. The van der Waals surface area contributed by atoms with Crippen molar-refractivity contribution in [3.63, 3.8) is 0 Å². The van der Waals surface area contributed by atoms with Gasteiger partial charge >= 0.3 is 0 Å². The van der Waals surface area contributed by atoms with Crippen molar-refractivity contribution in [3.05, 3.63) is 82.9 Å². The number of fused-ring (bicyclic) bond motifs is 1. The number of methoxy groups -OCH3 is 1. The summed E-state index contributed by atoms with van der Waals surface area (Å²) in [6.07, 6.45) is 4.85. The SMILES string of the molecule is COc1ccc2c(C(=O)c3ccc(CN4CCCC4)c(C)c3)c(-c3ccc(NC(=O)CN4CCCC4)cc3)sc2c1. The number of hydrogen-bond donors (Lipinski definition) is 1. The summed E-state index contributed by atoms with van der Waals surface area (Å²) in [6, 6.07) is 19.9. The first-order chi connectivity index (χ1) is 20.0. The van der Waals surface area contributed by atoms with Crippen LogP contribution in [0.5, 0.6) is 5.75 Å². The van der Waals surface area contributed by atoms with Crippen molar-refractivity contribution in [2.75, 3.05) is 45.2 Å². The third-order valence-corrected chi connectivity index (χ3v) is 9.52. The van der Waals surface area contributed by atoms with E-state index in [0.29, 0.717) is 17.7 Å². The van der Waals surface area contributed by atoms with E-state index in [2.05, 4.69) is 28.1 Å². The molecule has 6 rings (SSSR count). The van der Waals surface area contributed by atoms with Gasteiger partial charge in [-0.1, -0.05) is 24.3 Å². The number of hydrogen-bond acceptors (Lipinski definition) is 6. The minimum Gasteiger partial charge on any atom is -0.497 e. The molecule has 3 aromatic carbocycles. The molecular formula is C34H37N3O3S. The van der Waals surface area contributed by atoms with Crippen LogP contribution in [0.1, 0.15) is 52.7 Å². The van der Waals surface area contributed by atoms with E-state index in [1.54, 1.807) is 18.4 Å². The summed E-state index contributed by atoms with van der Waals surface area (Å²) in [6.45, 7) is 7.74. The maximum absolute atomic E-state index is 14.2. The summed E-state index contributed by atoms with van der Waals surface area (Å²) < 4.78 is 6.49. The Morgan fingerprint density at radius 3 is 2.27 bits per heavy atom. The average Bonchev–Trinajstić information content (AvgIpc) is 3.75. The molecule has 0 atom stereocenters. The standard InChI is InChI=1S/C34H37N3O3S/c1-23-19-25(7-8-26(23)21-36-15-3-4-16-36)33(39)32-29-14-13-28(40-2)20-30(29)41-34(32)24-9-11-27(12-10-24)35-31(38)22-37-17-5-6-18-37/h7-14,19-20H,3-6,15-18,21-22H2,1-2H3,(H,35,38). The van der Waals surface area contributed by atoms with Crippen LogP contribution in [0.2, 0.25) is 0 Å². The van der Waals surface area contributed by atoms with Crippen LogP contribution < -0.4 is 10.1 Å². The molecule has 0 aliphatic carbocycles. The molecule has 7 heteroatoms. The maximum atomic E-state index is 14.2. The molecule has 2 fully saturated rings. The topological polar surface area (TPSA) is 61.9 Å². The Balaban J connectivity index is 1.30. The Hall–Kier alpha value is -3.52. The van der Waals surface area contributed by atoms with Crippen LogP contribution in [0.25, 0.3) is 20.5 Å². The summed E-state index contributed by atoms with van der Waals surface area (Å²) in [5, 5.41) is 3.95. The number of rotatable bonds is 9. The van der Waals surface area contributed by atoms with Crippen LogP contribution in [0.4, 0.5) is 5.69 Å². The van der Waals surface area contributed by atoms with Gasteiger partial charge in [0.25, 0.3) is 0 Å². The van der Waals surface area contributed by atoms with Crippen molar-refractivity contribution in [3.8, 4) is 16.2 Å². The first-order valence-corrected chi connectivity index (χ1v) is 15.4. The van der Waals surface area contributed by atoms with E-state index < -0.39 is 0 Å². The summed E-state index contributed by atoms with van der Waals surface area (Å²) in [4.78, 5) is 32.3. The second-order valence-electron chi connectivity index (χ2n) is 11.2. The van der Waals surface area contributed by atoms with Crippen LogP contribution >= 0.6 is 11.3 Å². The predicted molar refractivity (Wildman–Crippen MR) is 167 cm³/mol. The lowest BCUT2D eigenvalue weighted by atomic mass is 9.95. The maximum Gasteiger partial charge on any atom is 0.238 e. The van der Waals surface area contributed by atoms with E-state index in [-0.39, 0.29) is 11.7 Å². The Kier molecular flexibility index (Phi) is 8.19. The largest absolute Gasteiger partial charge is 0.497 e. The molecule has 6 nitrogen and oxygen atoms in total. The Morgan fingerprint density at radius 1 is 0.878 bits per heavy atom. The molecule has 0 saturated carbocycles. The normalized spacial score (nSPS) is 16.0. The van der Waals surface area contributed by atoms with Gasteiger partial charge in [0.2, 0.25) is 5.91 Å².